The molecule has 1 aromatic carbocycles. The number of ether oxygens (including phenoxy) is 1. The SMILES string of the molecule is CN1CCN(CCCNC(=O)C2Cc3ccccc3CN2C(=O)OC(C)(C)C)CC1. The number of hydrogen-bond donors (Lipinski definition) is 1. The van der Waals surface area contributed by atoms with Crippen LogP contribution in [-0.2, 0) is 22.5 Å². The second-order valence-corrected chi connectivity index (χ2v) is 9.39. The highest BCUT2D eigenvalue weighted by Gasteiger charge is 2.36. The van der Waals surface area contributed by atoms with Crippen molar-refractivity contribution in [2.75, 3.05) is 46.3 Å². The van der Waals surface area contributed by atoms with E-state index >= 15 is 0 Å². The van der Waals surface area contributed by atoms with Gasteiger partial charge < -0.3 is 19.9 Å². The summed E-state index contributed by atoms with van der Waals surface area (Å²) in [4.78, 5) is 32.2. The molecule has 1 unspecified atom stereocenters. The van der Waals surface area contributed by atoms with Gasteiger partial charge in [-0.2, -0.15) is 0 Å². The van der Waals surface area contributed by atoms with Crippen LogP contribution in [0.5, 0.6) is 0 Å². The van der Waals surface area contributed by atoms with Gasteiger partial charge in [-0.1, -0.05) is 24.3 Å². The van der Waals surface area contributed by atoms with Crippen molar-refractivity contribution in [2.45, 2.75) is 51.8 Å². The van der Waals surface area contributed by atoms with Crippen LogP contribution in [0.2, 0.25) is 0 Å². The van der Waals surface area contributed by atoms with Crippen molar-refractivity contribution in [2.24, 2.45) is 0 Å². The van der Waals surface area contributed by atoms with Crippen LogP contribution in [-0.4, -0.2) is 84.7 Å². The Morgan fingerprint density at radius 1 is 1.10 bits per heavy atom. The zero-order chi connectivity index (χ0) is 21.7. The second kappa shape index (κ2) is 9.79. The van der Waals surface area contributed by atoms with Crippen LogP contribution in [0.4, 0.5) is 4.79 Å². The number of fused-ring (bicyclic) bond motifs is 1. The molecule has 1 N–H and O–H groups in total. The van der Waals surface area contributed by atoms with Crippen LogP contribution in [0.15, 0.2) is 24.3 Å². The first-order valence-electron chi connectivity index (χ1n) is 11.0. The normalized spacial score (nSPS) is 20.5. The minimum Gasteiger partial charge on any atom is -0.444 e. The lowest BCUT2D eigenvalue weighted by Crippen LogP contribution is -2.54. The molecule has 2 aliphatic rings. The van der Waals surface area contributed by atoms with E-state index in [0.717, 1.165) is 50.3 Å². The second-order valence-electron chi connectivity index (χ2n) is 9.39. The molecule has 1 saturated heterocycles. The lowest BCUT2D eigenvalue weighted by molar-refractivity contribution is -0.127. The van der Waals surface area contributed by atoms with Crippen LogP contribution >= 0.6 is 0 Å². The third kappa shape index (κ3) is 6.19. The molecular formula is C23H36N4O3. The third-order valence-corrected chi connectivity index (χ3v) is 5.73. The molecule has 7 nitrogen and oxygen atoms in total. The minimum atomic E-state index is -0.600. The average molecular weight is 417 g/mol. The zero-order valence-corrected chi connectivity index (χ0v) is 18.8. The Balaban J connectivity index is 1.57. The van der Waals surface area contributed by atoms with Crippen molar-refractivity contribution >= 4 is 12.0 Å². The smallest absolute Gasteiger partial charge is 0.411 e. The Bertz CT molecular complexity index is 738. The molecule has 7 heteroatoms. The summed E-state index contributed by atoms with van der Waals surface area (Å²) in [5, 5.41) is 3.05. The summed E-state index contributed by atoms with van der Waals surface area (Å²) in [6, 6.07) is 7.45. The fourth-order valence-corrected chi connectivity index (χ4v) is 3.97. The number of nitrogens with one attached hydrogen (secondary N) is 1. The molecule has 0 spiro atoms. The molecule has 2 aliphatic heterocycles. The molecule has 3 rings (SSSR count). The van der Waals surface area contributed by atoms with Crippen molar-refractivity contribution in [3.8, 4) is 0 Å². The van der Waals surface area contributed by atoms with Gasteiger partial charge in [-0.25, -0.2) is 4.79 Å². The first-order chi connectivity index (χ1) is 14.2. The monoisotopic (exact) mass is 416 g/mol. The fourth-order valence-electron chi connectivity index (χ4n) is 3.97. The number of carbonyl (C=O) groups is 2. The highest BCUT2D eigenvalue weighted by Crippen LogP contribution is 2.25. The molecule has 0 radical (unpaired) electrons. The maximum absolute atomic E-state index is 13.0. The maximum Gasteiger partial charge on any atom is 0.411 e. The molecule has 166 valence electrons. The van der Waals surface area contributed by atoms with Gasteiger partial charge in [0.15, 0.2) is 0 Å². The molecule has 1 fully saturated rings. The van der Waals surface area contributed by atoms with Crippen LogP contribution in [0.25, 0.3) is 0 Å². The van der Waals surface area contributed by atoms with Gasteiger partial charge in [-0.3, -0.25) is 9.69 Å². The van der Waals surface area contributed by atoms with Gasteiger partial charge in [-0.15, -0.1) is 0 Å². The highest BCUT2D eigenvalue weighted by atomic mass is 16.6. The topological polar surface area (TPSA) is 65.1 Å². The predicted molar refractivity (Wildman–Crippen MR) is 117 cm³/mol. The van der Waals surface area contributed by atoms with E-state index in [0.29, 0.717) is 19.5 Å². The predicted octanol–water partition coefficient (Wildman–Crippen LogP) is 2.10. The minimum absolute atomic E-state index is 0.103. The van der Waals surface area contributed by atoms with Crippen molar-refractivity contribution in [1.29, 1.82) is 0 Å². The molecular weight excluding hydrogens is 380 g/mol. The van der Waals surface area contributed by atoms with Crippen LogP contribution in [0.1, 0.15) is 38.3 Å². The first-order valence-corrected chi connectivity index (χ1v) is 11.0. The maximum atomic E-state index is 13.0. The fraction of sp³-hybridized carbons (Fsp3) is 0.652. The number of piperazine rings is 1. The van der Waals surface area contributed by atoms with Gasteiger partial charge in [0.1, 0.15) is 11.6 Å². The molecule has 2 heterocycles. The van der Waals surface area contributed by atoms with E-state index in [1.54, 1.807) is 4.90 Å². The molecule has 1 aromatic rings. The number of likely N-dealkylation sites (N-methyl/N-ethyl adjacent to an activating group) is 1. The molecule has 0 bridgehead atoms. The zero-order valence-electron chi connectivity index (χ0n) is 18.8. The number of rotatable bonds is 5. The summed E-state index contributed by atoms with van der Waals surface area (Å²) in [6.45, 7) is 11.9. The standard InChI is InChI=1S/C23H36N4O3/c1-23(2,3)30-22(29)27-17-19-9-6-5-8-18(19)16-20(27)21(28)24-10-7-11-26-14-12-25(4)13-15-26/h5-6,8-9,20H,7,10-17H2,1-4H3,(H,24,28). The van der Waals surface area contributed by atoms with Gasteiger partial charge >= 0.3 is 6.09 Å². The van der Waals surface area contributed by atoms with E-state index in [-0.39, 0.29) is 5.91 Å². The summed E-state index contributed by atoms with van der Waals surface area (Å²) < 4.78 is 5.58. The Morgan fingerprint density at radius 2 is 1.77 bits per heavy atom. The molecule has 1 atom stereocenters. The summed E-state index contributed by atoms with van der Waals surface area (Å²) in [6.07, 6.45) is 0.986. The molecule has 2 amide bonds. The van der Waals surface area contributed by atoms with Crippen LogP contribution in [0, 0.1) is 0 Å². The van der Waals surface area contributed by atoms with Crippen LogP contribution in [0.3, 0.4) is 0 Å². The van der Waals surface area contributed by atoms with E-state index in [1.807, 2.05) is 45.0 Å². The van der Waals surface area contributed by atoms with Crippen molar-refractivity contribution in [3.63, 3.8) is 0 Å². The van der Waals surface area contributed by atoms with Crippen LogP contribution < -0.4 is 5.32 Å². The van der Waals surface area contributed by atoms with E-state index in [1.165, 1.54) is 0 Å². The summed E-state index contributed by atoms with van der Waals surface area (Å²) in [5.41, 5.74) is 1.59. The van der Waals surface area contributed by atoms with Gasteiger partial charge in [0.05, 0.1) is 6.54 Å². The number of benzene rings is 1. The summed E-state index contributed by atoms with van der Waals surface area (Å²) >= 11 is 0. The number of carbonyl (C=O) groups excluding carboxylic acids is 2. The first kappa shape index (κ1) is 22.6. The van der Waals surface area contributed by atoms with Crippen molar-refractivity contribution in [3.05, 3.63) is 35.4 Å². The summed E-state index contributed by atoms with van der Waals surface area (Å²) in [7, 11) is 2.15. The highest BCUT2D eigenvalue weighted by molar-refractivity contribution is 5.86. The number of hydrogen-bond acceptors (Lipinski definition) is 5. The van der Waals surface area contributed by atoms with E-state index in [9.17, 15) is 9.59 Å². The van der Waals surface area contributed by atoms with Gasteiger partial charge in [0, 0.05) is 39.1 Å². The van der Waals surface area contributed by atoms with Crippen molar-refractivity contribution < 1.29 is 14.3 Å². The number of amides is 2. The van der Waals surface area contributed by atoms with Gasteiger partial charge in [0.25, 0.3) is 0 Å². The Labute approximate surface area is 180 Å². The Hall–Kier alpha value is -2.12. The Morgan fingerprint density at radius 3 is 2.43 bits per heavy atom. The third-order valence-electron chi connectivity index (χ3n) is 5.73. The molecule has 30 heavy (non-hydrogen) atoms. The van der Waals surface area contributed by atoms with E-state index in [2.05, 4.69) is 22.2 Å². The summed E-state index contributed by atoms with van der Waals surface area (Å²) in [5.74, 6) is -0.103. The molecule has 0 saturated carbocycles. The van der Waals surface area contributed by atoms with E-state index in [4.69, 9.17) is 4.74 Å². The molecule has 0 aromatic heterocycles. The number of nitrogens with zero attached hydrogens (tertiary/aromatic N) is 3. The lowest BCUT2D eigenvalue weighted by Gasteiger charge is -2.37. The quantitative estimate of drug-likeness (QED) is 0.745. The van der Waals surface area contributed by atoms with E-state index < -0.39 is 17.7 Å². The largest absolute Gasteiger partial charge is 0.444 e. The molecule has 0 aliphatic carbocycles. The van der Waals surface area contributed by atoms with Gasteiger partial charge in [0.2, 0.25) is 5.91 Å². The van der Waals surface area contributed by atoms with Gasteiger partial charge in [-0.05, 0) is 51.9 Å². The lowest BCUT2D eigenvalue weighted by atomic mass is 9.94. The van der Waals surface area contributed by atoms with Crippen molar-refractivity contribution in [1.82, 2.24) is 20.0 Å². The Kier molecular flexibility index (Phi) is 7.36. The average Bonchev–Trinajstić information content (AvgIpc) is 2.70.